The van der Waals surface area contributed by atoms with Crippen molar-refractivity contribution >= 4 is 15.9 Å². The minimum absolute atomic E-state index is 0.470. The van der Waals surface area contributed by atoms with Crippen molar-refractivity contribution in [2.75, 3.05) is 26.2 Å². The van der Waals surface area contributed by atoms with E-state index < -0.39 is 0 Å². The van der Waals surface area contributed by atoms with Gasteiger partial charge in [0.25, 0.3) is 0 Å². The van der Waals surface area contributed by atoms with Gasteiger partial charge < -0.3 is 10.2 Å². The van der Waals surface area contributed by atoms with Crippen LogP contribution in [0.15, 0.2) is 28.7 Å². The molecule has 2 rings (SSSR count). The van der Waals surface area contributed by atoms with E-state index in [1.807, 2.05) is 0 Å². The van der Waals surface area contributed by atoms with E-state index in [2.05, 4.69) is 71.2 Å². The van der Waals surface area contributed by atoms with Gasteiger partial charge in [0.1, 0.15) is 0 Å². The third kappa shape index (κ3) is 5.39. The van der Waals surface area contributed by atoms with Crippen LogP contribution in [-0.4, -0.2) is 31.1 Å². The number of benzene rings is 1. The smallest absolute Gasteiger partial charge is 0.0332 e. The van der Waals surface area contributed by atoms with Gasteiger partial charge in [0.05, 0.1) is 0 Å². The Balaban J connectivity index is 1.87. The Morgan fingerprint density at radius 3 is 2.38 bits per heavy atom. The largest absolute Gasteiger partial charge is 0.310 e. The zero-order chi connectivity index (χ0) is 15.3. The van der Waals surface area contributed by atoms with E-state index in [1.165, 1.54) is 44.5 Å². The van der Waals surface area contributed by atoms with Crippen molar-refractivity contribution in [3.8, 4) is 0 Å². The highest BCUT2D eigenvalue weighted by molar-refractivity contribution is 9.10. The molecular weight excluding hydrogens is 324 g/mol. The maximum Gasteiger partial charge on any atom is 0.0332 e. The first kappa shape index (κ1) is 17.0. The summed E-state index contributed by atoms with van der Waals surface area (Å²) in [6.07, 6.45) is 3.85. The zero-order valence-electron chi connectivity index (χ0n) is 13.7. The van der Waals surface area contributed by atoms with Crippen LogP contribution in [0.25, 0.3) is 0 Å². The predicted octanol–water partition coefficient (Wildman–Crippen LogP) is 4.61. The van der Waals surface area contributed by atoms with Crippen molar-refractivity contribution < 1.29 is 0 Å². The maximum absolute atomic E-state index is 3.63. The minimum Gasteiger partial charge on any atom is -0.310 e. The summed E-state index contributed by atoms with van der Waals surface area (Å²) < 4.78 is 1.15. The van der Waals surface area contributed by atoms with Gasteiger partial charge >= 0.3 is 0 Å². The van der Waals surface area contributed by atoms with Gasteiger partial charge in [-0.2, -0.15) is 0 Å². The summed E-state index contributed by atoms with van der Waals surface area (Å²) in [6.45, 7) is 11.7. The SMILES string of the molecule is CCNC(CCN1CCC(C)(C)CC1)c1ccc(Br)cc1. The van der Waals surface area contributed by atoms with Crippen LogP contribution in [0.5, 0.6) is 0 Å². The first-order chi connectivity index (χ1) is 10.00. The molecule has 0 aliphatic carbocycles. The molecule has 0 saturated carbocycles. The standard InChI is InChI=1S/C18H29BrN2/c1-4-20-17(15-5-7-16(19)8-6-15)9-12-21-13-10-18(2,3)11-14-21/h5-8,17,20H,4,9-14H2,1-3H3. The second-order valence-corrected chi connectivity index (χ2v) is 7.87. The summed E-state index contributed by atoms with van der Waals surface area (Å²) in [4.78, 5) is 2.63. The molecule has 0 bridgehead atoms. The molecule has 1 saturated heterocycles. The molecule has 1 N–H and O–H groups in total. The van der Waals surface area contributed by atoms with Crippen molar-refractivity contribution in [3.63, 3.8) is 0 Å². The van der Waals surface area contributed by atoms with Crippen LogP contribution in [-0.2, 0) is 0 Å². The number of nitrogens with one attached hydrogen (secondary N) is 1. The molecule has 2 nitrogen and oxygen atoms in total. The topological polar surface area (TPSA) is 15.3 Å². The summed E-state index contributed by atoms with van der Waals surface area (Å²) in [6, 6.07) is 9.22. The number of hydrogen-bond donors (Lipinski definition) is 1. The zero-order valence-corrected chi connectivity index (χ0v) is 15.2. The van der Waals surface area contributed by atoms with Gasteiger partial charge in [-0.25, -0.2) is 0 Å². The average Bonchev–Trinajstić information content (AvgIpc) is 2.46. The minimum atomic E-state index is 0.470. The fourth-order valence-corrected chi connectivity index (χ4v) is 3.29. The van der Waals surface area contributed by atoms with Crippen molar-refractivity contribution in [3.05, 3.63) is 34.3 Å². The van der Waals surface area contributed by atoms with Gasteiger partial charge in [-0.1, -0.05) is 48.8 Å². The fourth-order valence-electron chi connectivity index (χ4n) is 3.02. The van der Waals surface area contributed by atoms with E-state index in [1.54, 1.807) is 0 Å². The molecular formula is C18H29BrN2. The van der Waals surface area contributed by atoms with E-state index >= 15 is 0 Å². The first-order valence-electron chi connectivity index (χ1n) is 8.21. The fraction of sp³-hybridized carbons (Fsp3) is 0.667. The molecule has 1 heterocycles. The van der Waals surface area contributed by atoms with Crippen LogP contribution in [0.4, 0.5) is 0 Å². The highest BCUT2D eigenvalue weighted by Crippen LogP contribution is 2.30. The second-order valence-electron chi connectivity index (χ2n) is 6.96. The lowest BCUT2D eigenvalue weighted by atomic mass is 9.82. The van der Waals surface area contributed by atoms with E-state index in [0.29, 0.717) is 11.5 Å². The molecule has 1 atom stereocenters. The van der Waals surface area contributed by atoms with Gasteiger partial charge in [0, 0.05) is 10.5 Å². The Morgan fingerprint density at radius 1 is 1.19 bits per heavy atom. The number of piperidine rings is 1. The van der Waals surface area contributed by atoms with Crippen LogP contribution in [0.3, 0.4) is 0 Å². The summed E-state index contributed by atoms with van der Waals surface area (Å²) in [5.74, 6) is 0. The third-order valence-electron chi connectivity index (χ3n) is 4.67. The Morgan fingerprint density at radius 2 is 1.81 bits per heavy atom. The summed E-state index contributed by atoms with van der Waals surface area (Å²) in [5.41, 5.74) is 1.95. The lowest BCUT2D eigenvalue weighted by molar-refractivity contribution is 0.128. The van der Waals surface area contributed by atoms with Gasteiger partial charge in [-0.15, -0.1) is 0 Å². The summed E-state index contributed by atoms with van der Waals surface area (Å²) >= 11 is 3.52. The van der Waals surface area contributed by atoms with E-state index in [9.17, 15) is 0 Å². The molecule has 0 amide bonds. The quantitative estimate of drug-likeness (QED) is 0.803. The number of hydrogen-bond acceptors (Lipinski definition) is 2. The number of likely N-dealkylation sites (tertiary alicyclic amines) is 1. The molecule has 1 aliphatic heterocycles. The number of rotatable bonds is 6. The average molecular weight is 353 g/mol. The molecule has 1 fully saturated rings. The van der Waals surface area contributed by atoms with Crippen LogP contribution in [0.1, 0.15) is 51.6 Å². The maximum atomic E-state index is 3.63. The number of halogens is 1. The highest BCUT2D eigenvalue weighted by Gasteiger charge is 2.25. The second kappa shape index (κ2) is 7.75. The molecule has 1 aliphatic rings. The van der Waals surface area contributed by atoms with Crippen molar-refractivity contribution in [1.29, 1.82) is 0 Å². The van der Waals surface area contributed by atoms with Crippen LogP contribution < -0.4 is 5.32 Å². The lowest BCUT2D eigenvalue weighted by Gasteiger charge is -2.37. The molecule has 1 aromatic rings. The van der Waals surface area contributed by atoms with Crippen molar-refractivity contribution in [2.24, 2.45) is 5.41 Å². The van der Waals surface area contributed by atoms with Crippen molar-refractivity contribution in [2.45, 2.75) is 46.1 Å². The van der Waals surface area contributed by atoms with E-state index in [4.69, 9.17) is 0 Å². The van der Waals surface area contributed by atoms with Gasteiger partial charge in [-0.05, 0) is 68.6 Å². The van der Waals surface area contributed by atoms with Crippen LogP contribution in [0.2, 0.25) is 0 Å². The highest BCUT2D eigenvalue weighted by atomic mass is 79.9. The molecule has 0 radical (unpaired) electrons. The molecule has 21 heavy (non-hydrogen) atoms. The third-order valence-corrected chi connectivity index (χ3v) is 5.20. The Kier molecular flexibility index (Phi) is 6.27. The Labute approximate surface area is 138 Å². The molecule has 0 aromatic heterocycles. The first-order valence-corrected chi connectivity index (χ1v) is 9.01. The monoisotopic (exact) mass is 352 g/mol. The van der Waals surface area contributed by atoms with Crippen LogP contribution >= 0.6 is 15.9 Å². The molecule has 0 spiro atoms. The molecule has 118 valence electrons. The van der Waals surface area contributed by atoms with E-state index in [0.717, 1.165) is 11.0 Å². The molecule has 3 heteroatoms. The van der Waals surface area contributed by atoms with Gasteiger partial charge in [-0.3, -0.25) is 0 Å². The normalized spacial score (nSPS) is 20.4. The summed E-state index contributed by atoms with van der Waals surface area (Å²) in [5, 5.41) is 3.63. The van der Waals surface area contributed by atoms with Gasteiger partial charge in [0.2, 0.25) is 0 Å². The molecule has 1 aromatic carbocycles. The number of nitrogens with zero attached hydrogens (tertiary/aromatic N) is 1. The van der Waals surface area contributed by atoms with Gasteiger partial charge in [0.15, 0.2) is 0 Å². The molecule has 1 unspecified atom stereocenters. The van der Waals surface area contributed by atoms with Crippen LogP contribution in [0, 0.1) is 5.41 Å². The Hall–Kier alpha value is -0.380. The predicted molar refractivity (Wildman–Crippen MR) is 94.6 cm³/mol. The summed E-state index contributed by atoms with van der Waals surface area (Å²) in [7, 11) is 0. The van der Waals surface area contributed by atoms with E-state index in [-0.39, 0.29) is 0 Å². The van der Waals surface area contributed by atoms with Crippen molar-refractivity contribution in [1.82, 2.24) is 10.2 Å². The Bertz CT molecular complexity index is 417. The lowest BCUT2D eigenvalue weighted by Crippen LogP contribution is -2.39.